The number of thiophene rings is 1. The highest BCUT2D eigenvalue weighted by atomic mass is 32.1. The Hall–Kier alpha value is -2.44. The van der Waals surface area contributed by atoms with Crippen LogP contribution >= 0.6 is 11.3 Å². The van der Waals surface area contributed by atoms with Crippen LogP contribution in [0.3, 0.4) is 0 Å². The molecule has 1 amide bonds. The van der Waals surface area contributed by atoms with E-state index in [1.807, 2.05) is 41.9 Å². The number of likely N-dealkylation sites (tertiary alicyclic amines) is 1. The third-order valence-corrected chi connectivity index (χ3v) is 6.09. The van der Waals surface area contributed by atoms with Gasteiger partial charge in [-0.05, 0) is 74.6 Å². The van der Waals surface area contributed by atoms with Crippen molar-refractivity contribution in [1.29, 1.82) is 0 Å². The highest BCUT2D eigenvalue weighted by Gasteiger charge is 2.24. The quantitative estimate of drug-likeness (QED) is 0.707. The fraction of sp³-hybridized carbons (Fsp3) is 0.333. The van der Waals surface area contributed by atoms with E-state index in [9.17, 15) is 4.79 Å². The Bertz CT molecular complexity index is 879. The van der Waals surface area contributed by atoms with Crippen molar-refractivity contribution in [2.75, 3.05) is 19.6 Å². The molecule has 0 radical (unpaired) electrons. The molecule has 0 saturated carbocycles. The number of carbonyl (C=O) groups excluding carboxylic acids is 1. The van der Waals surface area contributed by atoms with Gasteiger partial charge in [0, 0.05) is 28.9 Å². The summed E-state index contributed by atoms with van der Waals surface area (Å²) in [5.74, 6) is -0.0282. The molecule has 6 heteroatoms. The Morgan fingerprint density at radius 1 is 1.19 bits per heavy atom. The maximum absolute atomic E-state index is 12.6. The Balaban J connectivity index is 1.43. The lowest BCUT2D eigenvalue weighted by Gasteiger charge is -2.27. The summed E-state index contributed by atoms with van der Waals surface area (Å²) in [4.78, 5) is 16.5. The summed E-state index contributed by atoms with van der Waals surface area (Å²) in [5, 5.41) is 9.55. The minimum absolute atomic E-state index is 0.0282. The normalized spacial score (nSPS) is 15.7. The minimum Gasteiger partial charge on any atom is -0.350 e. The van der Waals surface area contributed by atoms with Gasteiger partial charge in [0.1, 0.15) is 0 Å². The van der Waals surface area contributed by atoms with E-state index in [1.165, 1.54) is 17.7 Å². The van der Waals surface area contributed by atoms with Gasteiger partial charge in [-0.25, -0.2) is 4.68 Å². The lowest BCUT2D eigenvalue weighted by Crippen LogP contribution is -2.36. The molecule has 3 aromatic rings. The molecule has 1 unspecified atom stereocenters. The van der Waals surface area contributed by atoms with Crippen LogP contribution in [-0.2, 0) is 0 Å². The fourth-order valence-corrected chi connectivity index (χ4v) is 4.49. The standard InChI is InChI=1S/C21H24N4OS/c1-16-10-11-23-25(16)18-8-6-17(7-9-18)21(26)22-15-19(20-5-4-14-27-20)24-12-2-3-13-24/h4-11,14,19H,2-3,12-13,15H2,1H3,(H,22,26). The van der Waals surface area contributed by atoms with Gasteiger partial charge in [0.2, 0.25) is 0 Å². The van der Waals surface area contributed by atoms with Crippen molar-refractivity contribution in [3.05, 3.63) is 70.2 Å². The summed E-state index contributed by atoms with van der Waals surface area (Å²) < 4.78 is 1.86. The summed E-state index contributed by atoms with van der Waals surface area (Å²) >= 11 is 1.76. The van der Waals surface area contributed by atoms with Crippen LogP contribution in [0.25, 0.3) is 5.69 Å². The molecular weight excluding hydrogens is 356 g/mol. The molecule has 1 saturated heterocycles. The summed E-state index contributed by atoms with van der Waals surface area (Å²) in [6, 6.07) is 14.1. The van der Waals surface area contributed by atoms with Crippen molar-refractivity contribution < 1.29 is 4.79 Å². The average molecular weight is 381 g/mol. The fourth-order valence-electron chi connectivity index (χ4n) is 3.63. The van der Waals surface area contributed by atoms with Crippen molar-refractivity contribution in [1.82, 2.24) is 20.0 Å². The number of carbonyl (C=O) groups is 1. The number of aromatic nitrogens is 2. The monoisotopic (exact) mass is 380 g/mol. The van der Waals surface area contributed by atoms with E-state index < -0.39 is 0 Å². The highest BCUT2D eigenvalue weighted by Crippen LogP contribution is 2.27. The van der Waals surface area contributed by atoms with Crippen LogP contribution in [0.4, 0.5) is 0 Å². The molecule has 2 aromatic heterocycles. The molecule has 1 fully saturated rings. The summed E-state index contributed by atoms with van der Waals surface area (Å²) in [6.07, 6.45) is 4.26. The molecule has 1 N–H and O–H groups in total. The van der Waals surface area contributed by atoms with Crippen molar-refractivity contribution in [2.45, 2.75) is 25.8 Å². The van der Waals surface area contributed by atoms with E-state index in [4.69, 9.17) is 0 Å². The Kier molecular flexibility index (Phi) is 5.36. The van der Waals surface area contributed by atoms with E-state index in [1.54, 1.807) is 17.5 Å². The number of aryl methyl sites for hydroxylation is 1. The van der Waals surface area contributed by atoms with Crippen LogP contribution in [0, 0.1) is 6.92 Å². The van der Waals surface area contributed by atoms with Gasteiger partial charge in [0.15, 0.2) is 0 Å². The first-order chi connectivity index (χ1) is 13.2. The van der Waals surface area contributed by atoms with Crippen LogP contribution < -0.4 is 5.32 Å². The molecule has 0 aliphatic carbocycles. The van der Waals surface area contributed by atoms with Gasteiger partial charge in [-0.3, -0.25) is 9.69 Å². The van der Waals surface area contributed by atoms with E-state index in [-0.39, 0.29) is 11.9 Å². The third kappa shape index (κ3) is 3.96. The average Bonchev–Trinajstić information content (AvgIpc) is 3.45. The first-order valence-corrected chi connectivity index (χ1v) is 10.3. The largest absolute Gasteiger partial charge is 0.350 e. The van der Waals surface area contributed by atoms with Crippen molar-refractivity contribution in [2.24, 2.45) is 0 Å². The maximum Gasteiger partial charge on any atom is 0.251 e. The molecule has 27 heavy (non-hydrogen) atoms. The Morgan fingerprint density at radius 3 is 2.59 bits per heavy atom. The lowest BCUT2D eigenvalue weighted by molar-refractivity contribution is 0.0938. The number of nitrogens with one attached hydrogen (secondary N) is 1. The van der Waals surface area contributed by atoms with Crippen LogP contribution in [-0.4, -0.2) is 40.2 Å². The molecule has 1 atom stereocenters. The summed E-state index contributed by atoms with van der Waals surface area (Å²) in [6.45, 7) is 4.86. The first kappa shape index (κ1) is 17.9. The topological polar surface area (TPSA) is 50.2 Å². The molecule has 1 aliphatic rings. The molecule has 0 bridgehead atoms. The number of amides is 1. The van der Waals surface area contributed by atoms with E-state index in [0.717, 1.165) is 24.5 Å². The van der Waals surface area contributed by atoms with Gasteiger partial charge in [0.25, 0.3) is 5.91 Å². The van der Waals surface area contributed by atoms with Gasteiger partial charge >= 0.3 is 0 Å². The number of nitrogens with zero attached hydrogens (tertiary/aromatic N) is 3. The molecule has 4 rings (SSSR count). The van der Waals surface area contributed by atoms with Crippen LogP contribution in [0.1, 0.15) is 39.8 Å². The Labute approximate surface area is 163 Å². The lowest BCUT2D eigenvalue weighted by atomic mass is 10.1. The SMILES string of the molecule is Cc1ccnn1-c1ccc(C(=O)NCC(c2cccs2)N2CCCC2)cc1. The number of benzene rings is 1. The third-order valence-electron chi connectivity index (χ3n) is 5.12. The van der Waals surface area contributed by atoms with Crippen molar-refractivity contribution in [3.8, 4) is 5.69 Å². The van der Waals surface area contributed by atoms with Crippen molar-refractivity contribution >= 4 is 17.2 Å². The highest BCUT2D eigenvalue weighted by molar-refractivity contribution is 7.10. The van der Waals surface area contributed by atoms with E-state index in [0.29, 0.717) is 12.1 Å². The molecule has 5 nitrogen and oxygen atoms in total. The number of hydrogen-bond acceptors (Lipinski definition) is 4. The van der Waals surface area contributed by atoms with Crippen LogP contribution in [0.2, 0.25) is 0 Å². The van der Waals surface area contributed by atoms with Crippen molar-refractivity contribution in [3.63, 3.8) is 0 Å². The van der Waals surface area contributed by atoms with E-state index in [2.05, 4.69) is 32.8 Å². The summed E-state index contributed by atoms with van der Waals surface area (Å²) in [7, 11) is 0. The maximum atomic E-state index is 12.6. The smallest absolute Gasteiger partial charge is 0.251 e. The molecule has 1 aromatic carbocycles. The number of hydrogen-bond donors (Lipinski definition) is 1. The predicted octanol–water partition coefficient (Wildman–Crippen LogP) is 3.81. The molecule has 140 valence electrons. The number of rotatable bonds is 6. The van der Waals surface area contributed by atoms with Gasteiger partial charge < -0.3 is 5.32 Å². The van der Waals surface area contributed by atoms with Gasteiger partial charge in [-0.1, -0.05) is 6.07 Å². The first-order valence-electron chi connectivity index (χ1n) is 9.39. The molecular formula is C21H24N4OS. The zero-order valence-electron chi connectivity index (χ0n) is 15.5. The van der Waals surface area contributed by atoms with Gasteiger partial charge in [-0.15, -0.1) is 11.3 Å². The Morgan fingerprint density at radius 2 is 1.96 bits per heavy atom. The second kappa shape index (κ2) is 8.06. The molecule has 1 aliphatic heterocycles. The van der Waals surface area contributed by atoms with E-state index >= 15 is 0 Å². The van der Waals surface area contributed by atoms with Crippen LogP contribution in [0.5, 0.6) is 0 Å². The second-order valence-electron chi connectivity index (χ2n) is 6.92. The predicted molar refractivity (Wildman–Crippen MR) is 109 cm³/mol. The van der Waals surface area contributed by atoms with Gasteiger partial charge in [0.05, 0.1) is 11.7 Å². The minimum atomic E-state index is -0.0282. The molecule has 3 heterocycles. The zero-order valence-corrected chi connectivity index (χ0v) is 16.3. The second-order valence-corrected chi connectivity index (χ2v) is 7.89. The van der Waals surface area contributed by atoms with Gasteiger partial charge in [-0.2, -0.15) is 5.10 Å². The molecule has 0 spiro atoms. The van der Waals surface area contributed by atoms with Crippen LogP contribution in [0.15, 0.2) is 54.0 Å². The zero-order chi connectivity index (χ0) is 18.6. The summed E-state index contributed by atoms with van der Waals surface area (Å²) in [5.41, 5.74) is 2.70.